The van der Waals surface area contributed by atoms with Crippen LogP contribution in [0.15, 0.2) is 48.0 Å². The molecule has 0 unspecified atom stereocenters. The van der Waals surface area contributed by atoms with Gasteiger partial charge in [0, 0.05) is 45.4 Å². The molecule has 0 spiro atoms. The number of hydrogen-bond acceptors (Lipinski definition) is 12. The van der Waals surface area contributed by atoms with Crippen LogP contribution in [-0.2, 0) is 47.7 Å². The van der Waals surface area contributed by atoms with E-state index in [0.29, 0.717) is 11.2 Å². The molecule has 0 saturated carbocycles. The highest BCUT2D eigenvalue weighted by atomic mass is 32.2. The van der Waals surface area contributed by atoms with E-state index in [9.17, 15) is 24.0 Å². The molecule has 2 heterocycles. The lowest BCUT2D eigenvalue weighted by Gasteiger charge is -2.43. The van der Waals surface area contributed by atoms with Gasteiger partial charge in [0.2, 0.25) is 5.91 Å². The number of amides is 1. The Kier molecular flexibility index (Phi) is 10.4. The lowest BCUT2D eigenvalue weighted by atomic mass is 9.99. The SMILES string of the molecule is CC(=O)OC[C@H]1O[C@@H](S/C=C\C(=O)Nc2cccc3cccnc23)[C@H](OC(C)=O)[C@@H](OC(C)=O)[C@@H]1OC(C)=O. The zero-order valence-corrected chi connectivity index (χ0v) is 22.5. The van der Waals surface area contributed by atoms with Crippen molar-refractivity contribution >= 4 is 58.1 Å². The van der Waals surface area contributed by atoms with E-state index in [1.165, 1.54) is 18.4 Å². The van der Waals surface area contributed by atoms with E-state index in [-0.39, 0.29) is 6.61 Å². The number of pyridine rings is 1. The second-order valence-corrected chi connectivity index (χ2v) is 9.39. The van der Waals surface area contributed by atoms with Gasteiger partial charge in [-0.25, -0.2) is 0 Å². The Morgan fingerprint density at radius 3 is 2.21 bits per heavy atom. The van der Waals surface area contributed by atoms with E-state index in [0.717, 1.165) is 37.9 Å². The van der Waals surface area contributed by atoms with Crippen molar-refractivity contribution in [3.8, 4) is 0 Å². The van der Waals surface area contributed by atoms with Gasteiger partial charge >= 0.3 is 23.9 Å². The van der Waals surface area contributed by atoms with Crippen LogP contribution < -0.4 is 5.32 Å². The summed E-state index contributed by atoms with van der Waals surface area (Å²) in [5.74, 6) is -3.25. The molecule has 1 fully saturated rings. The number of ether oxygens (including phenoxy) is 5. The van der Waals surface area contributed by atoms with Crippen LogP contribution in [0.25, 0.3) is 10.9 Å². The second kappa shape index (κ2) is 13.7. The maximum Gasteiger partial charge on any atom is 0.303 e. The first-order chi connectivity index (χ1) is 18.5. The predicted octanol–water partition coefficient (Wildman–Crippen LogP) is 2.50. The molecule has 0 bridgehead atoms. The molecule has 1 aromatic carbocycles. The number of rotatable bonds is 9. The van der Waals surface area contributed by atoms with Gasteiger partial charge < -0.3 is 29.0 Å². The van der Waals surface area contributed by atoms with Gasteiger partial charge in [0.15, 0.2) is 18.3 Å². The van der Waals surface area contributed by atoms with E-state index >= 15 is 0 Å². The Labute approximate surface area is 228 Å². The fraction of sp³-hybridized carbons (Fsp3) is 0.385. The van der Waals surface area contributed by atoms with Crippen molar-refractivity contribution in [3.05, 3.63) is 48.0 Å². The summed E-state index contributed by atoms with van der Waals surface area (Å²) in [6.45, 7) is 4.28. The topological polar surface area (TPSA) is 156 Å². The number of hydrogen-bond donors (Lipinski definition) is 1. The standard InChI is InChI=1S/C26H28N2O10S/c1-14(29)34-13-20-23(35-15(2)30)24(36-16(3)31)25(37-17(4)32)26(38-20)39-12-10-21(33)28-19-9-5-7-18-8-6-11-27-22(18)19/h5-12,20,23-26H,13H2,1-4H3,(H,28,33)/b12-10-/t20-,23-,24+,25-,26+/m1/s1. The van der Waals surface area contributed by atoms with E-state index in [1.54, 1.807) is 24.4 Å². The number of carbonyl (C=O) groups is 5. The zero-order chi connectivity index (χ0) is 28.5. The third-order valence-electron chi connectivity index (χ3n) is 5.27. The van der Waals surface area contributed by atoms with E-state index in [1.807, 2.05) is 12.1 Å². The van der Waals surface area contributed by atoms with Gasteiger partial charge in [-0.3, -0.25) is 29.0 Å². The van der Waals surface area contributed by atoms with Crippen molar-refractivity contribution in [2.75, 3.05) is 11.9 Å². The highest BCUT2D eigenvalue weighted by molar-refractivity contribution is 8.02. The van der Waals surface area contributed by atoms with Gasteiger partial charge in [-0.1, -0.05) is 30.0 Å². The summed E-state index contributed by atoms with van der Waals surface area (Å²) in [5, 5.41) is 5.02. The first kappa shape index (κ1) is 29.6. The molecule has 1 aromatic heterocycles. The molecule has 3 rings (SSSR count). The molecule has 1 N–H and O–H groups in total. The number of nitrogens with one attached hydrogen (secondary N) is 1. The lowest BCUT2D eigenvalue weighted by molar-refractivity contribution is -0.237. The first-order valence-corrected chi connectivity index (χ1v) is 12.8. The van der Waals surface area contributed by atoms with Crippen molar-refractivity contribution in [1.82, 2.24) is 4.98 Å². The maximum atomic E-state index is 12.6. The molecule has 39 heavy (non-hydrogen) atoms. The van der Waals surface area contributed by atoms with Crippen LogP contribution in [0.3, 0.4) is 0 Å². The molecular weight excluding hydrogens is 532 g/mol. The molecule has 0 radical (unpaired) electrons. The molecular formula is C26H28N2O10S. The number of para-hydroxylation sites is 1. The largest absolute Gasteiger partial charge is 0.463 e. The van der Waals surface area contributed by atoms with Crippen molar-refractivity contribution < 1.29 is 47.7 Å². The van der Waals surface area contributed by atoms with Crippen molar-refractivity contribution in [3.63, 3.8) is 0 Å². The molecule has 1 saturated heterocycles. The Bertz CT molecular complexity index is 1260. The van der Waals surface area contributed by atoms with Crippen LogP contribution in [0.1, 0.15) is 27.7 Å². The highest BCUT2D eigenvalue weighted by Gasteiger charge is 2.52. The third kappa shape index (κ3) is 8.52. The van der Waals surface area contributed by atoms with Crippen LogP contribution >= 0.6 is 11.8 Å². The third-order valence-corrected chi connectivity index (χ3v) is 6.21. The Morgan fingerprint density at radius 2 is 1.54 bits per heavy atom. The van der Waals surface area contributed by atoms with Gasteiger partial charge in [0.05, 0.1) is 11.2 Å². The summed E-state index contributed by atoms with van der Waals surface area (Å²) in [4.78, 5) is 64.0. The average molecular weight is 561 g/mol. The maximum absolute atomic E-state index is 12.6. The molecule has 13 heteroatoms. The smallest absolute Gasteiger partial charge is 0.303 e. The number of thioether (sulfide) groups is 1. The Hall–Kier alpha value is -3.97. The lowest BCUT2D eigenvalue weighted by Crippen LogP contribution is -2.61. The van der Waals surface area contributed by atoms with E-state index in [4.69, 9.17) is 23.7 Å². The summed E-state index contributed by atoms with van der Waals surface area (Å²) in [7, 11) is 0. The van der Waals surface area contributed by atoms with Gasteiger partial charge in [-0.05, 0) is 17.5 Å². The van der Waals surface area contributed by atoms with Crippen LogP contribution in [0, 0.1) is 0 Å². The summed E-state index contributed by atoms with van der Waals surface area (Å²) in [6.07, 6.45) is -1.99. The van der Waals surface area contributed by atoms with E-state index < -0.39 is 59.6 Å². The second-order valence-electron chi connectivity index (χ2n) is 8.38. The summed E-state index contributed by atoms with van der Waals surface area (Å²) in [6, 6.07) is 9.03. The minimum atomic E-state index is -1.29. The number of aromatic nitrogens is 1. The summed E-state index contributed by atoms with van der Waals surface area (Å²) < 4.78 is 27.2. The summed E-state index contributed by atoms with van der Waals surface area (Å²) >= 11 is 0.951. The fourth-order valence-corrected chi connectivity index (χ4v) is 4.79. The number of anilines is 1. The highest BCUT2D eigenvalue weighted by Crippen LogP contribution is 2.35. The van der Waals surface area contributed by atoms with Gasteiger partial charge in [-0.2, -0.15) is 0 Å². The van der Waals surface area contributed by atoms with Crippen LogP contribution in [-0.4, -0.2) is 71.2 Å². The van der Waals surface area contributed by atoms with Crippen LogP contribution in [0.5, 0.6) is 0 Å². The molecule has 5 atom stereocenters. The Morgan fingerprint density at radius 1 is 0.897 bits per heavy atom. The monoisotopic (exact) mass is 560 g/mol. The minimum Gasteiger partial charge on any atom is -0.463 e. The molecule has 12 nitrogen and oxygen atoms in total. The number of benzene rings is 1. The molecule has 1 amide bonds. The minimum absolute atomic E-state index is 0.340. The number of esters is 4. The normalized spacial score (nSPS) is 22.6. The van der Waals surface area contributed by atoms with Crippen molar-refractivity contribution in [2.45, 2.75) is 57.5 Å². The fourth-order valence-electron chi connectivity index (χ4n) is 3.86. The first-order valence-electron chi connectivity index (χ1n) is 11.8. The van der Waals surface area contributed by atoms with E-state index in [2.05, 4.69) is 10.3 Å². The molecule has 0 aliphatic carbocycles. The molecule has 1 aliphatic rings. The molecule has 2 aromatic rings. The number of fused-ring (bicyclic) bond motifs is 1. The number of nitrogens with zero attached hydrogens (tertiary/aromatic N) is 1. The van der Waals surface area contributed by atoms with Crippen LogP contribution in [0.4, 0.5) is 5.69 Å². The van der Waals surface area contributed by atoms with Gasteiger partial charge in [0.25, 0.3) is 0 Å². The zero-order valence-electron chi connectivity index (χ0n) is 21.7. The molecule has 1 aliphatic heterocycles. The van der Waals surface area contributed by atoms with Crippen molar-refractivity contribution in [2.24, 2.45) is 0 Å². The predicted molar refractivity (Wildman–Crippen MR) is 139 cm³/mol. The van der Waals surface area contributed by atoms with Gasteiger partial charge in [-0.15, -0.1) is 0 Å². The summed E-state index contributed by atoms with van der Waals surface area (Å²) in [5.41, 5.74) is 0.0999. The van der Waals surface area contributed by atoms with Crippen LogP contribution in [0.2, 0.25) is 0 Å². The number of carbonyl (C=O) groups excluding carboxylic acids is 5. The molecule has 208 valence electrons. The quantitative estimate of drug-likeness (QED) is 0.272. The average Bonchev–Trinajstić information content (AvgIpc) is 2.85. The van der Waals surface area contributed by atoms with Crippen molar-refractivity contribution in [1.29, 1.82) is 0 Å². The van der Waals surface area contributed by atoms with Gasteiger partial charge in [0.1, 0.15) is 18.1 Å². The Balaban J connectivity index is 1.82.